The van der Waals surface area contributed by atoms with Gasteiger partial charge in [-0.05, 0) is 30.9 Å². The molecular weight excluding hydrogens is 302 g/mol. The lowest BCUT2D eigenvalue weighted by Crippen LogP contribution is -2.12. The first-order chi connectivity index (χ1) is 10.6. The smallest absolute Gasteiger partial charge is 0.275 e. The lowest BCUT2D eigenvalue weighted by molar-refractivity contribution is -0.385. The predicted molar refractivity (Wildman–Crippen MR) is 84.9 cm³/mol. The molecular formula is C15H15N3O3S. The van der Waals surface area contributed by atoms with E-state index in [4.69, 9.17) is 5.26 Å². The Kier molecular flexibility index (Phi) is 5.09. The summed E-state index contributed by atoms with van der Waals surface area (Å²) in [6.45, 7) is 1.64. The Morgan fingerprint density at radius 2 is 2.32 bits per heavy atom. The number of nitrogens with one attached hydrogen (secondary N) is 1. The summed E-state index contributed by atoms with van der Waals surface area (Å²) in [5, 5.41) is 34.5. The van der Waals surface area contributed by atoms with E-state index in [1.165, 1.54) is 6.07 Å². The molecule has 6 nitrogen and oxygen atoms in total. The highest BCUT2D eigenvalue weighted by molar-refractivity contribution is 7.10. The average molecular weight is 317 g/mol. The van der Waals surface area contributed by atoms with E-state index < -0.39 is 4.92 Å². The minimum atomic E-state index is -0.493. The fourth-order valence-corrected chi connectivity index (χ4v) is 3.01. The number of thiophene rings is 1. The third kappa shape index (κ3) is 3.42. The zero-order chi connectivity index (χ0) is 16.1. The maximum Gasteiger partial charge on any atom is 0.275 e. The highest BCUT2D eigenvalue weighted by Gasteiger charge is 2.19. The number of aliphatic hydroxyl groups excluding tert-OH is 1. The first-order valence-corrected chi connectivity index (χ1v) is 7.54. The number of aliphatic hydroxyl groups is 1. The summed E-state index contributed by atoms with van der Waals surface area (Å²) >= 11 is 1.54. The van der Waals surface area contributed by atoms with Gasteiger partial charge in [0.05, 0.1) is 22.6 Å². The molecule has 0 radical (unpaired) electrons. The van der Waals surface area contributed by atoms with Crippen molar-refractivity contribution in [3.63, 3.8) is 0 Å². The van der Waals surface area contributed by atoms with E-state index in [2.05, 4.69) is 5.32 Å². The van der Waals surface area contributed by atoms with E-state index in [1.54, 1.807) is 24.3 Å². The molecule has 1 aromatic carbocycles. The van der Waals surface area contributed by atoms with Crippen LogP contribution in [0.25, 0.3) is 0 Å². The van der Waals surface area contributed by atoms with E-state index in [-0.39, 0.29) is 23.9 Å². The van der Waals surface area contributed by atoms with Crippen LogP contribution >= 0.6 is 11.3 Å². The van der Waals surface area contributed by atoms with E-state index in [1.807, 2.05) is 23.6 Å². The number of hydrogen-bond acceptors (Lipinski definition) is 6. The van der Waals surface area contributed by atoms with E-state index in [0.29, 0.717) is 17.7 Å². The van der Waals surface area contributed by atoms with Crippen molar-refractivity contribution in [1.29, 1.82) is 5.26 Å². The molecule has 2 aromatic rings. The van der Waals surface area contributed by atoms with Crippen molar-refractivity contribution in [3.05, 3.63) is 55.8 Å². The Morgan fingerprint density at radius 1 is 1.55 bits per heavy atom. The second-order valence-corrected chi connectivity index (χ2v) is 5.74. The van der Waals surface area contributed by atoms with Gasteiger partial charge in [-0.2, -0.15) is 5.26 Å². The third-order valence-corrected chi connectivity index (χ3v) is 4.33. The standard InChI is InChI=1S/C15H15N3O3S/c1-10-13(7-11(9-16)8-14(10)18(20)21)17-12(4-5-19)15-3-2-6-22-15/h2-3,6-8,12,17,19H,4-5H2,1H3. The molecule has 0 fully saturated rings. The van der Waals surface area contributed by atoms with E-state index in [9.17, 15) is 15.2 Å². The predicted octanol–water partition coefficient (Wildman–Crippen LogP) is 3.37. The first-order valence-electron chi connectivity index (χ1n) is 6.66. The summed E-state index contributed by atoms with van der Waals surface area (Å²) in [7, 11) is 0. The number of benzene rings is 1. The molecule has 0 aliphatic carbocycles. The van der Waals surface area contributed by atoms with Gasteiger partial charge in [0, 0.05) is 28.8 Å². The number of nitriles is 1. The molecule has 22 heavy (non-hydrogen) atoms. The SMILES string of the molecule is Cc1c(NC(CCO)c2cccs2)cc(C#N)cc1[N+](=O)[O-]. The van der Waals surface area contributed by atoms with Crippen molar-refractivity contribution in [2.24, 2.45) is 0 Å². The van der Waals surface area contributed by atoms with Gasteiger partial charge in [0.1, 0.15) is 0 Å². The van der Waals surface area contributed by atoms with Crippen LogP contribution < -0.4 is 5.32 Å². The van der Waals surface area contributed by atoms with Gasteiger partial charge in [0.15, 0.2) is 0 Å². The molecule has 1 aromatic heterocycles. The van der Waals surface area contributed by atoms with Crippen LogP contribution in [0.4, 0.5) is 11.4 Å². The molecule has 0 aliphatic rings. The third-order valence-electron chi connectivity index (χ3n) is 3.34. The topological polar surface area (TPSA) is 99.2 Å². The van der Waals surface area contributed by atoms with Crippen LogP contribution in [0.3, 0.4) is 0 Å². The number of nitro groups is 1. The zero-order valence-corrected chi connectivity index (χ0v) is 12.8. The van der Waals surface area contributed by atoms with Crippen molar-refractivity contribution >= 4 is 22.7 Å². The van der Waals surface area contributed by atoms with Crippen LogP contribution in [0.15, 0.2) is 29.6 Å². The van der Waals surface area contributed by atoms with E-state index in [0.717, 1.165) is 4.88 Å². The maximum absolute atomic E-state index is 11.1. The van der Waals surface area contributed by atoms with Gasteiger partial charge in [0.2, 0.25) is 0 Å². The highest BCUT2D eigenvalue weighted by atomic mass is 32.1. The first kappa shape index (κ1) is 15.9. The van der Waals surface area contributed by atoms with Gasteiger partial charge in [0.25, 0.3) is 5.69 Å². The Morgan fingerprint density at radius 3 is 2.86 bits per heavy atom. The van der Waals surface area contributed by atoms with Crippen LogP contribution in [-0.2, 0) is 0 Å². The minimum absolute atomic E-state index is 0.00531. The summed E-state index contributed by atoms with van der Waals surface area (Å²) in [5.74, 6) is 0. The fraction of sp³-hybridized carbons (Fsp3) is 0.267. The minimum Gasteiger partial charge on any atom is -0.396 e. The molecule has 1 atom stereocenters. The van der Waals surface area contributed by atoms with Crippen molar-refractivity contribution in [2.75, 3.05) is 11.9 Å². The number of anilines is 1. The normalized spacial score (nSPS) is 11.7. The molecule has 114 valence electrons. The summed E-state index contributed by atoms with van der Waals surface area (Å²) in [6, 6.07) is 8.50. The van der Waals surface area contributed by atoms with Crippen LogP contribution in [0.1, 0.15) is 28.5 Å². The monoisotopic (exact) mass is 317 g/mol. The Labute approximate surface area is 131 Å². The fourth-order valence-electron chi connectivity index (χ4n) is 2.19. The second-order valence-electron chi connectivity index (χ2n) is 4.76. The molecule has 0 saturated heterocycles. The lowest BCUT2D eigenvalue weighted by Gasteiger charge is -2.19. The summed E-state index contributed by atoms with van der Waals surface area (Å²) in [6.07, 6.45) is 0.477. The Hall–Kier alpha value is -2.43. The van der Waals surface area contributed by atoms with Crippen molar-refractivity contribution in [2.45, 2.75) is 19.4 Å². The number of nitro benzene ring substituents is 1. The molecule has 0 spiro atoms. The molecule has 1 heterocycles. The molecule has 2 rings (SSSR count). The quantitative estimate of drug-likeness (QED) is 0.628. The van der Waals surface area contributed by atoms with Crippen LogP contribution in [0, 0.1) is 28.4 Å². The van der Waals surface area contributed by atoms with Gasteiger partial charge in [-0.25, -0.2) is 0 Å². The average Bonchev–Trinajstić information content (AvgIpc) is 3.02. The lowest BCUT2D eigenvalue weighted by atomic mass is 10.1. The Bertz CT molecular complexity index is 708. The largest absolute Gasteiger partial charge is 0.396 e. The number of rotatable bonds is 6. The van der Waals surface area contributed by atoms with Gasteiger partial charge in [-0.1, -0.05) is 6.07 Å². The van der Waals surface area contributed by atoms with Crippen LogP contribution in [-0.4, -0.2) is 16.6 Å². The van der Waals surface area contributed by atoms with Gasteiger partial charge < -0.3 is 10.4 Å². The van der Waals surface area contributed by atoms with Crippen molar-refractivity contribution < 1.29 is 10.0 Å². The van der Waals surface area contributed by atoms with Gasteiger partial charge in [-0.3, -0.25) is 10.1 Å². The van der Waals surface area contributed by atoms with Gasteiger partial charge in [-0.15, -0.1) is 11.3 Å². The summed E-state index contributed by atoms with van der Waals surface area (Å²) in [4.78, 5) is 11.6. The maximum atomic E-state index is 11.1. The van der Waals surface area contributed by atoms with Crippen LogP contribution in [0.2, 0.25) is 0 Å². The molecule has 2 N–H and O–H groups in total. The molecule has 1 unspecified atom stereocenters. The number of nitrogens with zero attached hydrogens (tertiary/aromatic N) is 2. The van der Waals surface area contributed by atoms with E-state index >= 15 is 0 Å². The molecule has 0 bridgehead atoms. The molecule has 0 saturated carbocycles. The Balaban J connectivity index is 2.40. The second kappa shape index (κ2) is 7.02. The highest BCUT2D eigenvalue weighted by Crippen LogP contribution is 2.32. The molecule has 7 heteroatoms. The van der Waals surface area contributed by atoms with Crippen molar-refractivity contribution in [1.82, 2.24) is 0 Å². The summed E-state index contributed by atoms with van der Waals surface area (Å²) < 4.78 is 0. The zero-order valence-electron chi connectivity index (χ0n) is 11.9. The van der Waals surface area contributed by atoms with Gasteiger partial charge >= 0.3 is 0 Å². The van der Waals surface area contributed by atoms with Crippen LogP contribution in [0.5, 0.6) is 0 Å². The molecule has 0 amide bonds. The summed E-state index contributed by atoms with van der Waals surface area (Å²) in [5.41, 5.74) is 1.16. The van der Waals surface area contributed by atoms with Crippen molar-refractivity contribution in [3.8, 4) is 6.07 Å². The molecule has 0 aliphatic heterocycles. The number of hydrogen-bond donors (Lipinski definition) is 2.